The second-order valence-electron chi connectivity index (χ2n) is 5.09. The van der Waals surface area contributed by atoms with Crippen LogP contribution in [-0.4, -0.2) is 32.7 Å². The highest BCUT2D eigenvalue weighted by molar-refractivity contribution is 5.86. The number of hydrogen-bond donors (Lipinski definition) is 3. The summed E-state index contributed by atoms with van der Waals surface area (Å²) in [5.74, 6) is 0.906. The van der Waals surface area contributed by atoms with E-state index in [1.807, 2.05) is 30.5 Å². The molecule has 0 amide bonds. The third-order valence-electron chi connectivity index (χ3n) is 3.80. The van der Waals surface area contributed by atoms with Crippen LogP contribution < -0.4 is 5.32 Å². The maximum Gasteiger partial charge on any atom is 0.142 e. The first kappa shape index (κ1) is 13.6. The van der Waals surface area contributed by atoms with Gasteiger partial charge in [0.05, 0.1) is 18.0 Å². The van der Waals surface area contributed by atoms with Crippen LogP contribution in [0.25, 0.3) is 11.0 Å². The second-order valence-corrected chi connectivity index (χ2v) is 5.09. The van der Waals surface area contributed by atoms with Crippen LogP contribution in [0.5, 0.6) is 0 Å². The number of aromatic amines is 1. The number of H-pyrrole nitrogens is 1. The fourth-order valence-corrected chi connectivity index (χ4v) is 2.48. The van der Waals surface area contributed by atoms with Crippen LogP contribution in [0.3, 0.4) is 0 Å². The number of aliphatic hydroxyl groups is 1. The van der Waals surface area contributed by atoms with Gasteiger partial charge in [0.1, 0.15) is 17.8 Å². The fourth-order valence-electron chi connectivity index (χ4n) is 2.48. The van der Waals surface area contributed by atoms with Crippen molar-refractivity contribution in [3.05, 3.63) is 54.5 Å². The van der Waals surface area contributed by atoms with E-state index in [-0.39, 0.29) is 18.6 Å². The molecule has 2 atom stereocenters. The zero-order chi connectivity index (χ0) is 14.7. The molecule has 0 saturated heterocycles. The predicted molar refractivity (Wildman–Crippen MR) is 83.2 cm³/mol. The first-order chi connectivity index (χ1) is 10.3. The molecule has 21 heavy (non-hydrogen) atoms. The molecule has 0 bridgehead atoms. The van der Waals surface area contributed by atoms with Crippen molar-refractivity contribution in [3.63, 3.8) is 0 Å². The summed E-state index contributed by atoms with van der Waals surface area (Å²) in [6, 6.07) is 12.0. The Morgan fingerprint density at radius 3 is 2.76 bits per heavy atom. The standard InChI is InChI=1S/C16H18N4O/c1-11(12-5-3-2-4-6-12)14(9-21)20-16-13-7-8-17-15(13)18-10-19-16/h2-8,10-11,14,21H,9H2,1H3,(H2,17,18,19,20). The molecular formula is C16H18N4O. The molecule has 3 aromatic rings. The molecule has 0 aliphatic rings. The number of anilines is 1. The van der Waals surface area contributed by atoms with Gasteiger partial charge in [-0.3, -0.25) is 0 Å². The number of fused-ring (bicyclic) bond motifs is 1. The molecule has 5 heteroatoms. The molecule has 5 nitrogen and oxygen atoms in total. The number of nitrogens with one attached hydrogen (secondary N) is 2. The molecule has 3 rings (SSSR count). The molecule has 0 aliphatic heterocycles. The first-order valence-corrected chi connectivity index (χ1v) is 7.00. The van der Waals surface area contributed by atoms with E-state index in [0.717, 1.165) is 16.9 Å². The van der Waals surface area contributed by atoms with Gasteiger partial charge in [-0.25, -0.2) is 9.97 Å². The van der Waals surface area contributed by atoms with Crippen molar-refractivity contribution in [1.82, 2.24) is 15.0 Å². The van der Waals surface area contributed by atoms with Gasteiger partial charge < -0.3 is 15.4 Å². The Balaban J connectivity index is 1.86. The molecule has 0 aliphatic carbocycles. The summed E-state index contributed by atoms with van der Waals surface area (Å²) in [5, 5.41) is 14.0. The van der Waals surface area contributed by atoms with Crippen molar-refractivity contribution in [3.8, 4) is 0 Å². The molecule has 0 saturated carbocycles. The van der Waals surface area contributed by atoms with E-state index in [9.17, 15) is 5.11 Å². The molecule has 1 aromatic carbocycles. The van der Waals surface area contributed by atoms with E-state index in [1.165, 1.54) is 11.9 Å². The zero-order valence-corrected chi connectivity index (χ0v) is 11.8. The highest BCUT2D eigenvalue weighted by Crippen LogP contribution is 2.24. The zero-order valence-electron chi connectivity index (χ0n) is 11.8. The maximum absolute atomic E-state index is 9.73. The number of aromatic nitrogens is 3. The average molecular weight is 282 g/mol. The summed E-state index contributed by atoms with van der Waals surface area (Å²) in [4.78, 5) is 11.5. The van der Waals surface area contributed by atoms with Gasteiger partial charge in [-0.05, 0) is 11.6 Å². The summed E-state index contributed by atoms with van der Waals surface area (Å²) < 4.78 is 0. The van der Waals surface area contributed by atoms with Crippen molar-refractivity contribution < 1.29 is 5.11 Å². The molecular weight excluding hydrogens is 264 g/mol. The van der Waals surface area contributed by atoms with Crippen molar-refractivity contribution in [1.29, 1.82) is 0 Å². The van der Waals surface area contributed by atoms with Gasteiger partial charge in [-0.1, -0.05) is 37.3 Å². The first-order valence-electron chi connectivity index (χ1n) is 7.00. The van der Waals surface area contributed by atoms with Crippen LogP contribution in [0.2, 0.25) is 0 Å². The van der Waals surface area contributed by atoms with E-state index >= 15 is 0 Å². The third-order valence-corrected chi connectivity index (χ3v) is 3.80. The van der Waals surface area contributed by atoms with Gasteiger partial charge in [0.25, 0.3) is 0 Å². The van der Waals surface area contributed by atoms with Crippen LogP contribution in [0.1, 0.15) is 18.4 Å². The maximum atomic E-state index is 9.73. The van der Waals surface area contributed by atoms with Crippen LogP contribution >= 0.6 is 0 Å². The lowest BCUT2D eigenvalue weighted by atomic mass is 9.94. The predicted octanol–water partition coefficient (Wildman–Crippen LogP) is 2.53. The molecule has 0 fully saturated rings. The SMILES string of the molecule is CC(c1ccccc1)C(CO)Nc1ncnc2[nH]ccc12. The molecule has 3 N–H and O–H groups in total. The van der Waals surface area contributed by atoms with Gasteiger partial charge in [0.2, 0.25) is 0 Å². The summed E-state index contributed by atoms with van der Waals surface area (Å²) in [7, 11) is 0. The average Bonchev–Trinajstić information content (AvgIpc) is 3.02. The number of nitrogens with zero attached hydrogens (tertiary/aromatic N) is 2. The number of benzene rings is 1. The normalized spacial score (nSPS) is 14.0. The Morgan fingerprint density at radius 1 is 1.19 bits per heavy atom. The summed E-state index contributed by atoms with van der Waals surface area (Å²) >= 11 is 0. The summed E-state index contributed by atoms with van der Waals surface area (Å²) in [6.07, 6.45) is 3.35. The van der Waals surface area contributed by atoms with Gasteiger partial charge in [0.15, 0.2) is 0 Å². The van der Waals surface area contributed by atoms with E-state index in [1.54, 1.807) is 0 Å². The lowest BCUT2D eigenvalue weighted by Gasteiger charge is -2.24. The Morgan fingerprint density at radius 2 is 2.00 bits per heavy atom. The van der Waals surface area contributed by atoms with Gasteiger partial charge in [-0.15, -0.1) is 0 Å². The summed E-state index contributed by atoms with van der Waals surface area (Å²) in [5.41, 5.74) is 1.97. The van der Waals surface area contributed by atoms with E-state index in [2.05, 4.69) is 39.3 Å². The summed E-state index contributed by atoms with van der Waals surface area (Å²) in [6.45, 7) is 2.13. The molecule has 2 aromatic heterocycles. The van der Waals surface area contributed by atoms with Crippen LogP contribution in [-0.2, 0) is 0 Å². The Kier molecular flexibility index (Phi) is 3.83. The Hall–Kier alpha value is -2.40. The molecule has 0 radical (unpaired) electrons. The van der Waals surface area contributed by atoms with Gasteiger partial charge in [0, 0.05) is 12.1 Å². The minimum Gasteiger partial charge on any atom is -0.394 e. The number of aliphatic hydroxyl groups excluding tert-OH is 1. The molecule has 2 heterocycles. The van der Waals surface area contributed by atoms with E-state index < -0.39 is 0 Å². The third kappa shape index (κ3) is 2.73. The lowest BCUT2D eigenvalue weighted by Crippen LogP contribution is -2.30. The van der Waals surface area contributed by atoms with Crippen molar-refractivity contribution in [2.24, 2.45) is 0 Å². The van der Waals surface area contributed by atoms with Crippen LogP contribution in [0, 0.1) is 0 Å². The van der Waals surface area contributed by atoms with Crippen molar-refractivity contribution >= 4 is 16.9 Å². The number of hydrogen-bond acceptors (Lipinski definition) is 4. The largest absolute Gasteiger partial charge is 0.394 e. The fraction of sp³-hybridized carbons (Fsp3) is 0.250. The Bertz CT molecular complexity index is 710. The highest BCUT2D eigenvalue weighted by atomic mass is 16.3. The molecule has 2 unspecified atom stereocenters. The van der Waals surface area contributed by atoms with Crippen molar-refractivity contribution in [2.45, 2.75) is 18.9 Å². The van der Waals surface area contributed by atoms with Crippen molar-refractivity contribution in [2.75, 3.05) is 11.9 Å². The second kappa shape index (κ2) is 5.93. The smallest absolute Gasteiger partial charge is 0.142 e. The molecule has 0 spiro atoms. The minimum absolute atomic E-state index is 0.0337. The van der Waals surface area contributed by atoms with Gasteiger partial charge in [-0.2, -0.15) is 0 Å². The minimum atomic E-state index is -0.111. The van der Waals surface area contributed by atoms with Gasteiger partial charge >= 0.3 is 0 Å². The Labute approximate surface area is 123 Å². The monoisotopic (exact) mass is 282 g/mol. The van der Waals surface area contributed by atoms with Crippen LogP contribution in [0.4, 0.5) is 5.82 Å². The lowest BCUT2D eigenvalue weighted by molar-refractivity contribution is 0.262. The highest BCUT2D eigenvalue weighted by Gasteiger charge is 2.19. The van der Waals surface area contributed by atoms with Crippen LogP contribution in [0.15, 0.2) is 48.9 Å². The van der Waals surface area contributed by atoms with E-state index in [4.69, 9.17) is 0 Å². The number of rotatable bonds is 5. The topological polar surface area (TPSA) is 73.8 Å². The molecule has 108 valence electrons. The quantitative estimate of drug-likeness (QED) is 0.672. The van der Waals surface area contributed by atoms with E-state index in [0.29, 0.717) is 0 Å².